The summed E-state index contributed by atoms with van der Waals surface area (Å²) in [6, 6.07) is 0. The van der Waals surface area contributed by atoms with E-state index < -0.39 is 0 Å². The van der Waals surface area contributed by atoms with E-state index >= 15 is 0 Å². The lowest BCUT2D eigenvalue weighted by molar-refractivity contribution is -0.804. The minimum absolute atomic E-state index is 1.01. The minimum atomic E-state index is 1.01. The Morgan fingerprint density at radius 1 is 1.23 bits per heavy atom. The fourth-order valence-electron chi connectivity index (χ4n) is 1.86. The van der Waals surface area contributed by atoms with Crippen LogP contribution in [0.4, 0.5) is 0 Å². The van der Waals surface area contributed by atoms with Gasteiger partial charge in [-0.15, -0.1) is 0 Å². The molecule has 0 spiro atoms. The molecule has 0 aromatic heterocycles. The first-order valence-corrected chi connectivity index (χ1v) is 5.40. The highest BCUT2D eigenvalue weighted by Gasteiger charge is 2.19. The predicted octanol–water partition coefficient (Wildman–Crippen LogP) is 3.44. The number of allylic oxidation sites excluding steroid dienone is 2. The average molecular weight is 180 g/mol. The molecule has 1 heterocycles. The highest BCUT2D eigenvalue weighted by molar-refractivity contribution is 5.16. The lowest BCUT2D eigenvalue weighted by atomic mass is 10.2. The first kappa shape index (κ1) is 10.5. The molecule has 13 heavy (non-hydrogen) atoms. The molecule has 1 rings (SSSR count). The molecular formula is C12H22N+. The molecule has 0 saturated carbocycles. The van der Waals surface area contributed by atoms with Crippen molar-refractivity contribution >= 4 is 0 Å². The van der Waals surface area contributed by atoms with Gasteiger partial charge in [0.15, 0.2) is 0 Å². The topological polar surface area (TPSA) is 0 Å². The van der Waals surface area contributed by atoms with Crippen LogP contribution in [0.25, 0.3) is 0 Å². The first-order chi connectivity index (χ1) is 6.16. The van der Waals surface area contributed by atoms with Crippen LogP contribution < -0.4 is 0 Å². The van der Waals surface area contributed by atoms with Gasteiger partial charge in [0, 0.05) is 5.57 Å². The van der Waals surface area contributed by atoms with Crippen molar-refractivity contribution in [2.24, 2.45) is 0 Å². The van der Waals surface area contributed by atoms with Gasteiger partial charge in [-0.2, -0.15) is 0 Å². The van der Waals surface area contributed by atoms with Crippen molar-refractivity contribution in [3.63, 3.8) is 0 Å². The molecule has 0 bridgehead atoms. The highest BCUT2D eigenvalue weighted by atomic mass is 15.3. The zero-order valence-electron chi connectivity index (χ0n) is 9.21. The van der Waals surface area contributed by atoms with Gasteiger partial charge in [-0.25, -0.2) is 0 Å². The van der Waals surface area contributed by atoms with E-state index in [2.05, 4.69) is 39.4 Å². The quantitative estimate of drug-likeness (QED) is 0.449. The molecule has 0 radical (unpaired) electrons. The van der Waals surface area contributed by atoms with Crippen LogP contribution >= 0.6 is 0 Å². The SMILES string of the molecule is CCCCCC[N+]1(C)C=CC(C)=C1. The summed E-state index contributed by atoms with van der Waals surface area (Å²) in [5.41, 5.74) is 1.40. The average Bonchev–Trinajstić information content (AvgIpc) is 2.41. The fraction of sp³-hybridized carbons (Fsp3) is 0.667. The highest BCUT2D eigenvalue weighted by Crippen LogP contribution is 2.19. The van der Waals surface area contributed by atoms with Crippen LogP contribution in [-0.2, 0) is 0 Å². The largest absolute Gasteiger partial charge is 0.273 e. The Hall–Kier alpha value is -0.560. The van der Waals surface area contributed by atoms with Crippen LogP contribution in [0.2, 0.25) is 0 Å². The van der Waals surface area contributed by atoms with Gasteiger partial charge in [0.05, 0.1) is 13.6 Å². The molecule has 0 saturated heterocycles. The summed E-state index contributed by atoms with van der Waals surface area (Å²) < 4.78 is 1.01. The number of hydrogen-bond acceptors (Lipinski definition) is 0. The number of quaternary nitrogens is 1. The van der Waals surface area contributed by atoms with Crippen molar-refractivity contribution < 1.29 is 4.48 Å². The standard InChI is InChI=1S/C12H22N/c1-4-5-6-7-9-13(3)10-8-12(2)11-13/h8,10-11H,4-7,9H2,1-3H3/q+1. The van der Waals surface area contributed by atoms with Gasteiger partial charge in [-0.1, -0.05) is 19.8 Å². The van der Waals surface area contributed by atoms with E-state index in [1.165, 1.54) is 37.8 Å². The smallest absolute Gasteiger partial charge is 0.103 e. The zero-order chi connectivity index (χ0) is 9.73. The maximum atomic E-state index is 2.34. The van der Waals surface area contributed by atoms with E-state index in [1.807, 2.05) is 0 Å². The molecule has 1 unspecified atom stereocenters. The van der Waals surface area contributed by atoms with Crippen LogP contribution in [-0.4, -0.2) is 18.1 Å². The van der Waals surface area contributed by atoms with Crippen LogP contribution in [0.3, 0.4) is 0 Å². The summed E-state index contributed by atoms with van der Waals surface area (Å²) in [4.78, 5) is 0. The van der Waals surface area contributed by atoms with Gasteiger partial charge in [0.1, 0.15) is 12.4 Å². The third-order valence-corrected chi connectivity index (χ3v) is 2.67. The zero-order valence-corrected chi connectivity index (χ0v) is 9.21. The van der Waals surface area contributed by atoms with Crippen molar-refractivity contribution in [3.05, 3.63) is 24.0 Å². The Morgan fingerprint density at radius 3 is 2.54 bits per heavy atom. The fourth-order valence-corrected chi connectivity index (χ4v) is 1.86. The van der Waals surface area contributed by atoms with Gasteiger partial charge >= 0.3 is 0 Å². The van der Waals surface area contributed by atoms with E-state index in [-0.39, 0.29) is 0 Å². The Balaban J connectivity index is 2.25. The Bertz CT molecular complexity index is 215. The van der Waals surface area contributed by atoms with E-state index in [1.54, 1.807) is 0 Å². The lowest BCUT2D eigenvalue weighted by Crippen LogP contribution is -2.31. The van der Waals surface area contributed by atoms with Crippen molar-refractivity contribution in [2.45, 2.75) is 39.5 Å². The summed E-state index contributed by atoms with van der Waals surface area (Å²) in [6.45, 7) is 5.69. The van der Waals surface area contributed by atoms with Gasteiger partial charge < -0.3 is 0 Å². The predicted molar refractivity (Wildman–Crippen MR) is 58.1 cm³/mol. The van der Waals surface area contributed by atoms with E-state index in [9.17, 15) is 0 Å². The maximum absolute atomic E-state index is 2.34. The number of unbranched alkanes of at least 4 members (excludes halogenated alkanes) is 3. The first-order valence-electron chi connectivity index (χ1n) is 5.40. The lowest BCUT2D eigenvalue weighted by Gasteiger charge is -2.23. The molecule has 0 aliphatic carbocycles. The summed E-state index contributed by atoms with van der Waals surface area (Å²) in [7, 11) is 2.28. The molecular weight excluding hydrogens is 158 g/mol. The number of nitrogens with zero attached hydrogens (tertiary/aromatic N) is 1. The van der Waals surface area contributed by atoms with Gasteiger partial charge in [-0.05, 0) is 25.8 Å². The summed E-state index contributed by atoms with van der Waals surface area (Å²) in [5.74, 6) is 0. The van der Waals surface area contributed by atoms with Crippen molar-refractivity contribution in [1.29, 1.82) is 0 Å². The maximum Gasteiger partial charge on any atom is 0.103 e. The third kappa shape index (κ3) is 3.35. The molecule has 74 valence electrons. The van der Waals surface area contributed by atoms with Crippen molar-refractivity contribution in [2.75, 3.05) is 13.6 Å². The molecule has 1 nitrogen and oxygen atoms in total. The van der Waals surface area contributed by atoms with Crippen LogP contribution in [0.15, 0.2) is 24.0 Å². The Labute approximate surface area is 82.3 Å². The molecule has 0 fully saturated rings. The second-order valence-corrected chi connectivity index (χ2v) is 4.32. The Morgan fingerprint density at radius 2 is 2.00 bits per heavy atom. The molecule has 0 aromatic rings. The molecule has 0 N–H and O–H groups in total. The molecule has 1 aliphatic heterocycles. The summed E-state index contributed by atoms with van der Waals surface area (Å²) in [6.07, 6.45) is 12.3. The van der Waals surface area contributed by atoms with Gasteiger partial charge in [-0.3, -0.25) is 4.48 Å². The Kier molecular flexibility index (Phi) is 3.73. The van der Waals surface area contributed by atoms with Crippen LogP contribution in [0.5, 0.6) is 0 Å². The van der Waals surface area contributed by atoms with Crippen molar-refractivity contribution in [1.82, 2.24) is 0 Å². The van der Waals surface area contributed by atoms with Gasteiger partial charge in [0.25, 0.3) is 0 Å². The monoisotopic (exact) mass is 180 g/mol. The van der Waals surface area contributed by atoms with Gasteiger partial charge in [0.2, 0.25) is 0 Å². The van der Waals surface area contributed by atoms with E-state index in [0.29, 0.717) is 0 Å². The second-order valence-electron chi connectivity index (χ2n) is 4.32. The van der Waals surface area contributed by atoms with Crippen molar-refractivity contribution in [3.8, 4) is 0 Å². The normalized spacial score (nSPS) is 26.5. The molecule has 1 aliphatic rings. The summed E-state index contributed by atoms with van der Waals surface area (Å²) in [5, 5.41) is 0. The second kappa shape index (κ2) is 4.61. The number of hydrogen-bond donors (Lipinski definition) is 0. The molecule has 1 atom stereocenters. The number of rotatable bonds is 5. The van der Waals surface area contributed by atoms with E-state index in [0.717, 1.165) is 4.48 Å². The third-order valence-electron chi connectivity index (χ3n) is 2.67. The van der Waals surface area contributed by atoms with Crippen LogP contribution in [0, 0.1) is 0 Å². The van der Waals surface area contributed by atoms with Crippen LogP contribution in [0.1, 0.15) is 39.5 Å². The summed E-state index contributed by atoms with van der Waals surface area (Å²) >= 11 is 0. The minimum Gasteiger partial charge on any atom is -0.273 e. The molecule has 0 amide bonds. The molecule has 0 aromatic carbocycles. The van der Waals surface area contributed by atoms with E-state index in [4.69, 9.17) is 0 Å². The molecule has 1 heteroatoms.